The summed E-state index contributed by atoms with van der Waals surface area (Å²) in [6.45, 7) is 0.512. The summed E-state index contributed by atoms with van der Waals surface area (Å²) in [7, 11) is 0. The van der Waals surface area contributed by atoms with Crippen LogP contribution in [0.3, 0.4) is 0 Å². The van der Waals surface area contributed by atoms with Gasteiger partial charge in [0, 0.05) is 17.7 Å². The second-order valence-electron chi connectivity index (χ2n) is 6.70. The van der Waals surface area contributed by atoms with Crippen LogP contribution in [0.5, 0.6) is 0 Å². The molecule has 152 valence electrons. The third-order valence-electron chi connectivity index (χ3n) is 4.86. The van der Waals surface area contributed by atoms with E-state index in [4.69, 9.17) is 5.41 Å². The van der Waals surface area contributed by atoms with Gasteiger partial charge < -0.3 is 26.1 Å². The number of fused-ring (bicyclic) bond motifs is 1. The van der Waals surface area contributed by atoms with Crippen molar-refractivity contribution in [2.24, 2.45) is 0 Å². The number of non-ortho nitro benzene ring substituents is 1. The summed E-state index contributed by atoms with van der Waals surface area (Å²) in [4.78, 5) is 23.1. The molecular formula is C22H18BrN4O3-. The van der Waals surface area contributed by atoms with Crippen LogP contribution in [0.1, 0.15) is 15.9 Å². The van der Waals surface area contributed by atoms with Gasteiger partial charge in [0.25, 0.3) is 5.69 Å². The van der Waals surface area contributed by atoms with E-state index in [0.717, 1.165) is 16.6 Å². The van der Waals surface area contributed by atoms with Crippen molar-refractivity contribution in [2.75, 3.05) is 0 Å². The van der Waals surface area contributed by atoms with Crippen LogP contribution in [0.25, 0.3) is 11.0 Å². The minimum Gasteiger partial charge on any atom is -1.00 e. The molecule has 4 rings (SSSR count). The van der Waals surface area contributed by atoms with Crippen molar-refractivity contribution in [3.05, 3.63) is 106 Å². The Morgan fingerprint density at radius 2 is 1.43 bits per heavy atom. The summed E-state index contributed by atoms with van der Waals surface area (Å²) < 4.78 is 3.54. The maximum absolute atomic E-state index is 12.8. The predicted octanol–water partition coefficient (Wildman–Crippen LogP) is 0.766. The molecule has 1 N–H and O–H groups in total. The molecular weight excluding hydrogens is 448 g/mol. The van der Waals surface area contributed by atoms with Crippen molar-refractivity contribution in [1.82, 2.24) is 9.13 Å². The number of nitrogens with zero attached hydrogens (tertiary/aromatic N) is 3. The monoisotopic (exact) mass is 465 g/mol. The van der Waals surface area contributed by atoms with E-state index in [9.17, 15) is 14.9 Å². The average molecular weight is 466 g/mol. The first kappa shape index (κ1) is 21.2. The number of benzene rings is 3. The van der Waals surface area contributed by atoms with Gasteiger partial charge in [-0.1, -0.05) is 42.5 Å². The lowest BCUT2D eigenvalue weighted by atomic mass is 10.1. The highest BCUT2D eigenvalue weighted by Gasteiger charge is 2.15. The van der Waals surface area contributed by atoms with Gasteiger partial charge in [0.2, 0.25) is 5.62 Å². The third-order valence-corrected chi connectivity index (χ3v) is 4.86. The molecule has 0 aliphatic carbocycles. The molecule has 4 aromatic rings. The fraction of sp³-hybridized carbons (Fsp3) is 0.0909. The lowest BCUT2D eigenvalue weighted by Gasteiger charge is -2.05. The summed E-state index contributed by atoms with van der Waals surface area (Å²) in [6.07, 6.45) is 0. The van der Waals surface area contributed by atoms with Gasteiger partial charge in [-0.2, -0.15) is 0 Å². The van der Waals surface area contributed by atoms with Gasteiger partial charge in [0.05, 0.1) is 29.0 Å². The molecule has 3 aromatic carbocycles. The van der Waals surface area contributed by atoms with E-state index in [1.54, 1.807) is 4.57 Å². The lowest BCUT2D eigenvalue weighted by molar-refractivity contribution is -0.384. The van der Waals surface area contributed by atoms with Crippen molar-refractivity contribution in [2.45, 2.75) is 13.1 Å². The third kappa shape index (κ3) is 4.08. The van der Waals surface area contributed by atoms with Crippen molar-refractivity contribution >= 4 is 22.5 Å². The minimum absolute atomic E-state index is 0. The molecule has 0 aliphatic rings. The lowest BCUT2D eigenvalue weighted by Crippen LogP contribution is -3.00. The number of rotatable bonds is 6. The molecule has 0 radical (unpaired) electrons. The summed E-state index contributed by atoms with van der Waals surface area (Å²) in [5.41, 5.74) is 3.28. The predicted molar refractivity (Wildman–Crippen MR) is 109 cm³/mol. The van der Waals surface area contributed by atoms with E-state index < -0.39 is 4.92 Å². The van der Waals surface area contributed by atoms with Crippen LogP contribution >= 0.6 is 0 Å². The number of halogens is 1. The molecule has 7 nitrogen and oxygen atoms in total. The molecule has 0 saturated heterocycles. The molecule has 30 heavy (non-hydrogen) atoms. The number of nitro benzene ring substituents is 1. The second-order valence-corrected chi connectivity index (χ2v) is 6.70. The number of para-hydroxylation sites is 2. The van der Waals surface area contributed by atoms with E-state index in [-0.39, 0.29) is 40.6 Å². The van der Waals surface area contributed by atoms with Gasteiger partial charge in [-0.05, 0) is 29.8 Å². The molecule has 0 saturated carbocycles. The Balaban J connectivity index is 0.00000256. The number of nitro groups is 1. The van der Waals surface area contributed by atoms with Crippen LogP contribution in [-0.2, 0) is 13.1 Å². The summed E-state index contributed by atoms with van der Waals surface area (Å²) >= 11 is 0. The van der Waals surface area contributed by atoms with E-state index in [2.05, 4.69) is 0 Å². The highest BCUT2D eigenvalue weighted by molar-refractivity contribution is 5.96. The number of Topliss-reactive ketones (excluding diaryl/α,β-unsaturated/α-hetero) is 1. The Morgan fingerprint density at radius 3 is 2.03 bits per heavy atom. The molecule has 8 heteroatoms. The topological polar surface area (TPSA) is 93.9 Å². The van der Waals surface area contributed by atoms with Crippen molar-refractivity contribution < 1.29 is 26.7 Å². The second kappa shape index (κ2) is 8.87. The van der Waals surface area contributed by atoms with Crippen LogP contribution in [0.15, 0.2) is 78.9 Å². The highest BCUT2D eigenvalue weighted by atomic mass is 79.9. The summed E-state index contributed by atoms with van der Waals surface area (Å²) in [5, 5.41) is 19.5. The quantitative estimate of drug-likeness (QED) is 0.259. The van der Waals surface area contributed by atoms with Crippen LogP contribution in [0.2, 0.25) is 0 Å². The number of carbonyl (C=O) groups excluding carboxylic acids is 1. The van der Waals surface area contributed by atoms with E-state index in [1.807, 2.05) is 59.2 Å². The number of nitrogens with one attached hydrogen (secondary N) is 1. The normalized spacial score (nSPS) is 10.5. The fourth-order valence-electron chi connectivity index (χ4n) is 3.38. The molecule has 0 spiro atoms. The number of ketones is 1. The Hall–Kier alpha value is -3.52. The SMILES string of the molecule is N=c1n(CC(=O)c2ccc([N+](=O)[O-])cc2)c2ccccc2n1Cc1ccccc1.[Br-]. The van der Waals surface area contributed by atoms with E-state index in [1.165, 1.54) is 24.3 Å². The van der Waals surface area contributed by atoms with E-state index >= 15 is 0 Å². The van der Waals surface area contributed by atoms with Gasteiger partial charge in [0.15, 0.2) is 5.78 Å². The number of hydrogen-bond acceptors (Lipinski definition) is 4. The molecule has 0 fully saturated rings. The van der Waals surface area contributed by atoms with Crippen molar-refractivity contribution in [1.29, 1.82) is 5.41 Å². The Morgan fingerprint density at radius 1 is 0.867 bits per heavy atom. The molecule has 1 heterocycles. The number of aromatic nitrogens is 2. The molecule has 0 amide bonds. The van der Waals surface area contributed by atoms with Gasteiger partial charge in [-0.25, -0.2) is 0 Å². The number of carbonyl (C=O) groups is 1. The van der Waals surface area contributed by atoms with Crippen LogP contribution in [-0.4, -0.2) is 19.8 Å². The highest BCUT2D eigenvalue weighted by Crippen LogP contribution is 2.17. The van der Waals surface area contributed by atoms with E-state index in [0.29, 0.717) is 12.1 Å². The zero-order valence-corrected chi connectivity index (χ0v) is 17.5. The molecule has 0 aliphatic heterocycles. The fourth-order valence-corrected chi connectivity index (χ4v) is 3.38. The molecule has 0 bridgehead atoms. The Labute approximate surface area is 182 Å². The van der Waals surface area contributed by atoms with Gasteiger partial charge in [0.1, 0.15) is 0 Å². The first-order chi connectivity index (χ1) is 14.0. The summed E-state index contributed by atoms with van der Waals surface area (Å²) in [5.74, 6) is -0.207. The summed E-state index contributed by atoms with van der Waals surface area (Å²) in [6, 6.07) is 23.0. The average Bonchev–Trinajstić information content (AvgIpc) is 3.00. The first-order valence-corrected chi connectivity index (χ1v) is 9.09. The molecule has 1 aromatic heterocycles. The van der Waals surface area contributed by atoms with Crippen LogP contribution in [0.4, 0.5) is 5.69 Å². The van der Waals surface area contributed by atoms with Gasteiger partial charge in [-0.3, -0.25) is 20.3 Å². The minimum atomic E-state index is -0.498. The van der Waals surface area contributed by atoms with Crippen molar-refractivity contribution in [3.8, 4) is 0 Å². The molecule has 0 atom stereocenters. The zero-order chi connectivity index (χ0) is 20.4. The Bertz CT molecular complexity index is 1260. The standard InChI is InChI=1S/C22H18N4O3.BrH/c23-22-24(14-16-6-2-1-3-7-16)19-8-4-5-9-20(19)25(22)15-21(27)17-10-12-18(13-11-17)26(28)29;/h1-13,23H,14-15H2;1H/p-1. The smallest absolute Gasteiger partial charge is 0.269 e. The zero-order valence-electron chi connectivity index (χ0n) is 15.9. The van der Waals surface area contributed by atoms with Crippen molar-refractivity contribution in [3.63, 3.8) is 0 Å². The number of hydrogen-bond donors (Lipinski definition) is 1. The number of imidazole rings is 1. The molecule has 0 unspecified atom stereocenters. The van der Waals surface area contributed by atoms with Gasteiger partial charge in [-0.15, -0.1) is 0 Å². The Kier molecular flexibility index (Phi) is 6.27. The maximum Gasteiger partial charge on any atom is 0.269 e. The van der Waals surface area contributed by atoms with Crippen LogP contribution in [0, 0.1) is 15.5 Å². The largest absolute Gasteiger partial charge is 1.00 e. The van der Waals surface area contributed by atoms with Crippen LogP contribution < -0.4 is 22.6 Å². The van der Waals surface area contributed by atoms with Gasteiger partial charge >= 0.3 is 0 Å². The maximum atomic E-state index is 12.8. The first-order valence-electron chi connectivity index (χ1n) is 9.09.